The lowest BCUT2D eigenvalue weighted by Crippen LogP contribution is -2.17. The lowest BCUT2D eigenvalue weighted by atomic mass is 10.2. The average Bonchev–Trinajstić information content (AvgIpc) is 2.61. The van der Waals surface area contributed by atoms with E-state index in [0.717, 1.165) is 5.56 Å². The normalized spacial score (nSPS) is 10.4. The van der Waals surface area contributed by atoms with E-state index in [-0.39, 0.29) is 5.91 Å². The van der Waals surface area contributed by atoms with E-state index in [1.165, 1.54) is 6.21 Å². The maximum Gasteiger partial charge on any atom is 0.271 e. The highest BCUT2D eigenvalue weighted by Gasteiger charge is 2.05. The quantitative estimate of drug-likeness (QED) is 0.657. The Balaban J connectivity index is 2.07. The fourth-order valence-corrected chi connectivity index (χ4v) is 1.90. The number of amides is 1. The first-order valence-corrected chi connectivity index (χ1v) is 6.87. The number of carbonyl (C=O) groups excluding carboxylic acids is 1. The first-order valence-electron chi connectivity index (χ1n) is 6.87. The molecule has 0 spiro atoms. The van der Waals surface area contributed by atoms with Crippen molar-refractivity contribution in [1.29, 1.82) is 0 Å². The van der Waals surface area contributed by atoms with Crippen molar-refractivity contribution in [2.24, 2.45) is 5.10 Å². The fraction of sp³-hybridized carbons (Fsp3) is 0.176. The second-order valence-electron chi connectivity index (χ2n) is 4.58. The molecular weight excluding hydrogens is 296 g/mol. The molecule has 1 amide bonds. The molecule has 0 aliphatic carbocycles. The second kappa shape index (κ2) is 7.84. The molecule has 0 atom stereocenters. The highest BCUT2D eigenvalue weighted by atomic mass is 16.5. The van der Waals surface area contributed by atoms with Gasteiger partial charge in [-0.2, -0.15) is 5.10 Å². The molecule has 0 fully saturated rings. The SMILES string of the molecule is COc1cc(/C=N/NC(=O)c2cccc(OC)c2)cc(OC)c1. The zero-order chi connectivity index (χ0) is 16.7. The van der Waals surface area contributed by atoms with Crippen molar-refractivity contribution in [2.75, 3.05) is 21.3 Å². The van der Waals surface area contributed by atoms with Crippen molar-refractivity contribution in [3.8, 4) is 17.2 Å². The number of benzene rings is 2. The Kier molecular flexibility index (Phi) is 5.57. The Bertz CT molecular complexity index is 691. The Labute approximate surface area is 134 Å². The molecule has 0 bridgehead atoms. The van der Waals surface area contributed by atoms with Gasteiger partial charge in [-0.15, -0.1) is 0 Å². The molecule has 23 heavy (non-hydrogen) atoms. The highest BCUT2D eigenvalue weighted by molar-refractivity contribution is 5.95. The molecule has 0 unspecified atom stereocenters. The number of nitrogens with one attached hydrogen (secondary N) is 1. The highest BCUT2D eigenvalue weighted by Crippen LogP contribution is 2.21. The molecular formula is C17H18N2O4. The third kappa shape index (κ3) is 4.47. The summed E-state index contributed by atoms with van der Waals surface area (Å²) in [6, 6.07) is 12.1. The molecule has 0 radical (unpaired) electrons. The lowest BCUT2D eigenvalue weighted by Gasteiger charge is -2.06. The van der Waals surface area contributed by atoms with Crippen molar-refractivity contribution in [2.45, 2.75) is 0 Å². The number of ether oxygens (including phenoxy) is 3. The Hall–Kier alpha value is -3.02. The van der Waals surface area contributed by atoms with Crippen molar-refractivity contribution in [3.05, 3.63) is 53.6 Å². The molecule has 6 heteroatoms. The molecule has 6 nitrogen and oxygen atoms in total. The average molecular weight is 314 g/mol. The summed E-state index contributed by atoms with van der Waals surface area (Å²) < 4.78 is 15.4. The summed E-state index contributed by atoms with van der Waals surface area (Å²) >= 11 is 0. The molecule has 2 aromatic rings. The molecule has 2 aromatic carbocycles. The minimum absolute atomic E-state index is 0.324. The van der Waals surface area contributed by atoms with Gasteiger partial charge in [-0.25, -0.2) is 5.43 Å². The van der Waals surface area contributed by atoms with Crippen LogP contribution in [0, 0.1) is 0 Å². The third-order valence-electron chi connectivity index (χ3n) is 3.09. The van der Waals surface area contributed by atoms with E-state index in [4.69, 9.17) is 14.2 Å². The van der Waals surface area contributed by atoms with Gasteiger partial charge in [0.2, 0.25) is 0 Å². The van der Waals surface area contributed by atoms with Gasteiger partial charge in [0, 0.05) is 17.2 Å². The number of hydrogen-bond acceptors (Lipinski definition) is 5. The van der Waals surface area contributed by atoms with Crippen molar-refractivity contribution in [3.63, 3.8) is 0 Å². The maximum atomic E-state index is 12.0. The van der Waals surface area contributed by atoms with E-state index in [0.29, 0.717) is 22.8 Å². The summed E-state index contributed by atoms with van der Waals surface area (Å²) in [6.07, 6.45) is 1.52. The van der Waals surface area contributed by atoms with E-state index in [1.807, 2.05) is 0 Å². The molecule has 0 aromatic heterocycles. The third-order valence-corrected chi connectivity index (χ3v) is 3.09. The van der Waals surface area contributed by atoms with Crippen LogP contribution in [0.15, 0.2) is 47.6 Å². The monoisotopic (exact) mass is 314 g/mol. The number of rotatable bonds is 6. The van der Waals surface area contributed by atoms with Gasteiger partial charge in [0.25, 0.3) is 5.91 Å². The van der Waals surface area contributed by atoms with Crippen LogP contribution in [0.3, 0.4) is 0 Å². The molecule has 0 heterocycles. The van der Waals surface area contributed by atoms with Crippen LogP contribution < -0.4 is 19.6 Å². The lowest BCUT2D eigenvalue weighted by molar-refractivity contribution is 0.0955. The summed E-state index contributed by atoms with van der Waals surface area (Å²) in [5, 5.41) is 3.95. The van der Waals surface area contributed by atoms with E-state index >= 15 is 0 Å². The van der Waals surface area contributed by atoms with E-state index in [2.05, 4.69) is 10.5 Å². The second-order valence-corrected chi connectivity index (χ2v) is 4.58. The number of hydrazone groups is 1. The Morgan fingerprint density at radius 3 is 2.22 bits per heavy atom. The maximum absolute atomic E-state index is 12.0. The Morgan fingerprint density at radius 2 is 1.61 bits per heavy atom. The zero-order valence-electron chi connectivity index (χ0n) is 13.2. The van der Waals surface area contributed by atoms with Crippen LogP contribution in [0.4, 0.5) is 0 Å². The van der Waals surface area contributed by atoms with Gasteiger partial charge in [-0.3, -0.25) is 4.79 Å². The summed E-state index contributed by atoms with van der Waals surface area (Å²) in [6.45, 7) is 0. The standard InChI is InChI=1S/C17H18N2O4/c1-21-14-6-4-5-13(9-14)17(20)19-18-11-12-7-15(22-2)10-16(8-12)23-3/h4-11H,1-3H3,(H,19,20)/b18-11+. The molecule has 0 aliphatic heterocycles. The smallest absolute Gasteiger partial charge is 0.271 e. The van der Waals surface area contributed by atoms with Gasteiger partial charge in [-0.05, 0) is 30.3 Å². The fourth-order valence-electron chi connectivity index (χ4n) is 1.90. The number of hydrogen-bond donors (Lipinski definition) is 1. The van der Waals surface area contributed by atoms with Crippen LogP contribution in [-0.2, 0) is 0 Å². The predicted octanol–water partition coefficient (Wildman–Crippen LogP) is 2.48. The molecule has 120 valence electrons. The van der Waals surface area contributed by atoms with Gasteiger partial charge in [0.05, 0.1) is 27.5 Å². The van der Waals surface area contributed by atoms with Crippen LogP contribution in [-0.4, -0.2) is 33.5 Å². The van der Waals surface area contributed by atoms with Gasteiger partial charge in [0.15, 0.2) is 0 Å². The van der Waals surface area contributed by atoms with Crippen LogP contribution in [0.5, 0.6) is 17.2 Å². The van der Waals surface area contributed by atoms with Crippen molar-refractivity contribution >= 4 is 12.1 Å². The minimum Gasteiger partial charge on any atom is -0.497 e. The number of carbonyl (C=O) groups is 1. The predicted molar refractivity (Wildman–Crippen MR) is 87.6 cm³/mol. The van der Waals surface area contributed by atoms with Crippen molar-refractivity contribution in [1.82, 2.24) is 5.43 Å². The van der Waals surface area contributed by atoms with Crippen LogP contribution in [0.1, 0.15) is 15.9 Å². The molecule has 2 rings (SSSR count). The topological polar surface area (TPSA) is 69.2 Å². The van der Waals surface area contributed by atoms with Crippen molar-refractivity contribution < 1.29 is 19.0 Å². The zero-order valence-corrected chi connectivity index (χ0v) is 13.2. The van der Waals surface area contributed by atoms with E-state index in [9.17, 15) is 4.79 Å². The molecule has 1 N–H and O–H groups in total. The van der Waals surface area contributed by atoms with Gasteiger partial charge >= 0.3 is 0 Å². The first kappa shape index (κ1) is 16.4. The Morgan fingerprint density at radius 1 is 0.957 bits per heavy atom. The summed E-state index contributed by atoms with van der Waals surface area (Å²) in [4.78, 5) is 12.0. The van der Waals surface area contributed by atoms with Crippen LogP contribution in [0.25, 0.3) is 0 Å². The number of nitrogens with zero attached hydrogens (tertiary/aromatic N) is 1. The van der Waals surface area contributed by atoms with Gasteiger partial charge < -0.3 is 14.2 Å². The van der Waals surface area contributed by atoms with Gasteiger partial charge in [0.1, 0.15) is 17.2 Å². The van der Waals surface area contributed by atoms with Crippen LogP contribution in [0.2, 0.25) is 0 Å². The molecule has 0 aliphatic rings. The van der Waals surface area contributed by atoms with Crippen LogP contribution >= 0.6 is 0 Å². The van der Waals surface area contributed by atoms with E-state index < -0.39 is 0 Å². The summed E-state index contributed by atoms with van der Waals surface area (Å²) in [5.41, 5.74) is 3.67. The summed E-state index contributed by atoms with van der Waals surface area (Å²) in [7, 11) is 4.69. The van der Waals surface area contributed by atoms with E-state index in [1.54, 1.807) is 63.8 Å². The minimum atomic E-state index is -0.324. The largest absolute Gasteiger partial charge is 0.497 e. The molecule has 0 saturated carbocycles. The van der Waals surface area contributed by atoms with Gasteiger partial charge in [-0.1, -0.05) is 6.07 Å². The number of methoxy groups -OCH3 is 3. The summed E-state index contributed by atoms with van der Waals surface area (Å²) in [5.74, 6) is 1.57. The first-order chi connectivity index (χ1) is 11.2. The molecule has 0 saturated heterocycles.